The smallest absolute Gasteiger partial charge is 0.407 e. The lowest BCUT2D eigenvalue weighted by atomic mass is 9.81. The molecule has 4 aromatic carbocycles. The lowest BCUT2D eigenvalue weighted by Gasteiger charge is -2.30. The number of rotatable bonds is 14. The minimum absolute atomic E-state index is 0.0314. The van der Waals surface area contributed by atoms with Gasteiger partial charge in [-0.25, -0.2) is 13.2 Å². The molecule has 2 N–H and O–H groups in total. The number of carbonyl (C=O) groups excluding carboxylic acids is 2. The average Bonchev–Trinajstić information content (AvgIpc) is 3.11. The van der Waals surface area contributed by atoms with Gasteiger partial charge in [-0.2, -0.15) is 0 Å². The Morgan fingerprint density at radius 1 is 0.830 bits per heavy atom. The highest BCUT2D eigenvalue weighted by molar-refractivity contribution is 7.91. The molecule has 5 rings (SSSR count). The van der Waals surface area contributed by atoms with Crippen LogP contribution in [0.25, 0.3) is 0 Å². The number of amides is 1. The van der Waals surface area contributed by atoms with Gasteiger partial charge in [-0.15, -0.1) is 0 Å². The van der Waals surface area contributed by atoms with E-state index in [2.05, 4.69) is 10.6 Å². The van der Waals surface area contributed by atoms with Gasteiger partial charge in [0.25, 0.3) is 0 Å². The Kier molecular flexibility index (Phi) is 11.9. The summed E-state index contributed by atoms with van der Waals surface area (Å²) in [4.78, 5) is 27.0. The molecule has 0 aliphatic carbocycles. The van der Waals surface area contributed by atoms with Gasteiger partial charge in [0.05, 0.1) is 30.5 Å². The predicted molar refractivity (Wildman–Crippen MR) is 182 cm³/mol. The van der Waals surface area contributed by atoms with E-state index in [1.165, 1.54) is 7.11 Å². The zero-order valence-electron chi connectivity index (χ0n) is 26.6. The van der Waals surface area contributed by atoms with Gasteiger partial charge in [-0.1, -0.05) is 103 Å². The van der Waals surface area contributed by atoms with Crippen LogP contribution in [-0.4, -0.2) is 64.5 Å². The number of carbonyl (C=O) groups is 2. The fourth-order valence-electron chi connectivity index (χ4n) is 6.10. The van der Waals surface area contributed by atoms with Gasteiger partial charge in [-0.3, -0.25) is 4.79 Å². The van der Waals surface area contributed by atoms with Gasteiger partial charge in [-0.05, 0) is 53.6 Å². The Labute approximate surface area is 277 Å². The number of ether oxygens (including phenoxy) is 2. The molecule has 1 aliphatic rings. The molecule has 0 unspecified atom stereocenters. The summed E-state index contributed by atoms with van der Waals surface area (Å²) in [5.74, 6) is -0.469. The SMILES string of the molecule is COC(=O)N[C@H](C(=O)Cc1ccccc1CC[C@@H]1CN[C@H](CCS(=O)(=O)c2ccccc2)CO1)C(c1ccccc1)c1ccccc1. The normalized spacial score (nSPS) is 17.1. The third kappa shape index (κ3) is 9.38. The van der Waals surface area contributed by atoms with Crippen molar-refractivity contribution in [1.29, 1.82) is 0 Å². The van der Waals surface area contributed by atoms with Crippen molar-refractivity contribution in [3.05, 3.63) is 138 Å². The van der Waals surface area contributed by atoms with Crippen molar-refractivity contribution >= 4 is 21.7 Å². The molecule has 47 heavy (non-hydrogen) atoms. The quantitative estimate of drug-likeness (QED) is 0.185. The summed E-state index contributed by atoms with van der Waals surface area (Å²) in [6.45, 7) is 1.06. The maximum absolute atomic E-state index is 14.1. The number of hydrogen-bond acceptors (Lipinski definition) is 7. The van der Waals surface area contributed by atoms with E-state index in [1.54, 1.807) is 30.3 Å². The lowest BCUT2D eigenvalue weighted by Crippen LogP contribution is -2.47. The Morgan fingerprint density at radius 2 is 1.40 bits per heavy atom. The number of benzene rings is 4. The second-order valence-electron chi connectivity index (χ2n) is 11.8. The Balaban J connectivity index is 1.22. The monoisotopic (exact) mass is 654 g/mol. The Bertz CT molecular complexity index is 1650. The number of morpholine rings is 1. The van der Waals surface area contributed by atoms with Crippen LogP contribution in [0.5, 0.6) is 0 Å². The molecule has 1 saturated heterocycles. The van der Waals surface area contributed by atoms with Crippen molar-refractivity contribution in [2.24, 2.45) is 0 Å². The fourth-order valence-corrected chi connectivity index (χ4v) is 7.51. The molecule has 9 heteroatoms. The van der Waals surface area contributed by atoms with E-state index in [-0.39, 0.29) is 30.1 Å². The number of hydrogen-bond donors (Lipinski definition) is 2. The second kappa shape index (κ2) is 16.5. The molecule has 0 radical (unpaired) electrons. The van der Waals surface area contributed by atoms with Gasteiger partial charge < -0.3 is 20.1 Å². The topological polar surface area (TPSA) is 111 Å². The van der Waals surface area contributed by atoms with Crippen molar-refractivity contribution in [3.63, 3.8) is 0 Å². The molecular formula is C38H42N2O6S. The van der Waals surface area contributed by atoms with Crippen LogP contribution >= 0.6 is 0 Å². The largest absolute Gasteiger partial charge is 0.453 e. The van der Waals surface area contributed by atoms with Gasteiger partial charge in [0, 0.05) is 24.9 Å². The summed E-state index contributed by atoms with van der Waals surface area (Å²) >= 11 is 0. The van der Waals surface area contributed by atoms with Gasteiger partial charge in [0.2, 0.25) is 0 Å². The summed E-state index contributed by atoms with van der Waals surface area (Å²) in [6.07, 6.45) is 1.37. The molecule has 0 saturated carbocycles. The molecule has 1 heterocycles. The predicted octanol–water partition coefficient (Wildman–Crippen LogP) is 5.51. The van der Waals surface area contributed by atoms with Crippen molar-refractivity contribution in [2.75, 3.05) is 26.0 Å². The van der Waals surface area contributed by atoms with Crippen LogP contribution in [0.15, 0.2) is 120 Å². The summed E-state index contributed by atoms with van der Waals surface area (Å²) in [6, 6.07) is 35.0. The lowest BCUT2D eigenvalue weighted by molar-refractivity contribution is -0.120. The van der Waals surface area contributed by atoms with Crippen molar-refractivity contribution in [1.82, 2.24) is 10.6 Å². The third-order valence-electron chi connectivity index (χ3n) is 8.68. The molecule has 0 aromatic heterocycles. The molecule has 0 spiro atoms. The highest BCUT2D eigenvalue weighted by Crippen LogP contribution is 2.30. The van der Waals surface area contributed by atoms with Crippen LogP contribution in [0.2, 0.25) is 0 Å². The molecule has 1 fully saturated rings. The van der Waals surface area contributed by atoms with Gasteiger partial charge in [0.1, 0.15) is 6.04 Å². The average molecular weight is 655 g/mol. The maximum Gasteiger partial charge on any atom is 0.407 e. The van der Waals surface area contributed by atoms with E-state index in [4.69, 9.17) is 9.47 Å². The number of Topliss-reactive ketones (excluding diaryl/α,β-unsaturated/α-hetero) is 1. The number of methoxy groups -OCH3 is 1. The Hall–Kier alpha value is -4.31. The number of ketones is 1. The van der Waals surface area contributed by atoms with Crippen molar-refractivity contribution < 1.29 is 27.5 Å². The zero-order chi connectivity index (χ0) is 33.1. The summed E-state index contributed by atoms with van der Waals surface area (Å²) in [5, 5.41) is 6.31. The minimum atomic E-state index is -3.34. The first-order chi connectivity index (χ1) is 22.8. The molecule has 8 nitrogen and oxygen atoms in total. The van der Waals surface area contributed by atoms with E-state index in [0.717, 1.165) is 28.7 Å². The van der Waals surface area contributed by atoms with E-state index in [1.807, 2.05) is 84.9 Å². The molecule has 1 aliphatic heterocycles. The number of nitrogens with one attached hydrogen (secondary N) is 2. The first-order valence-electron chi connectivity index (χ1n) is 16.0. The Morgan fingerprint density at radius 3 is 1.98 bits per heavy atom. The highest BCUT2D eigenvalue weighted by Gasteiger charge is 2.33. The van der Waals surface area contributed by atoms with Gasteiger partial charge in [0.15, 0.2) is 15.6 Å². The van der Waals surface area contributed by atoms with Crippen LogP contribution in [0.1, 0.15) is 41.0 Å². The van der Waals surface area contributed by atoms with Crippen LogP contribution in [0.3, 0.4) is 0 Å². The number of sulfone groups is 1. The first kappa shape index (κ1) is 34.0. The van der Waals surface area contributed by atoms with Crippen LogP contribution < -0.4 is 10.6 Å². The van der Waals surface area contributed by atoms with E-state index < -0.39 is 27.9 Å². The number of aryl methyl sites for hydroxylation is 1. The molecule has 3 atom stereocenters. The van der Waals surface area contributed by atoms with Crippen LogP contribution in [0.4, 0.5) is 4.79 Å². The molecular weight excluding hydrogens is 612 g/mol. The summed E-state index contributed by atoms with van der Waals surface area (Å²) < 4.78 is 36.4. The summed E-state index contributed by atoms with van der Waals surface area (Å²) in [7, 11) is -2.04. The fraction of sp³-hybridized carbons (Fsp3) is 0.316. The molecule has 1 amide bonds. The second-order valence-corrected chi connectivity index (χ2v) is 14.0. The first-order valence-corrected chi connectivity index (χ1v) is 17.7. The van der Waals surface area contributed by atoms with E-state index in [9.17, 15) is 18.0 Å². The minimum Gasteiger partial charge on any atom is -0.453 e. The summed E-state index contributed by atoms with van der Waals surface area (Å²) in [5.41, 5.74) is 3.79. The van der Waals surface area contributed by atoms with Crippen molar-refractivity contribution in [3.8, 4) is 0 Å². The third-order valence-corrected chi connectivity index (χ3v) is 10.4. The van der Waals surface area contributed by atoms with Crippen LogP contribution in [-0.2, 0) is 36.9 Å². The molecule has 0 bridgehead atoms. The van der Waals surface area contributed by atoms with Crippen LogP contribution in [0, 0.1) is 0 Å². The van der Waals surface area contributed by atoms with E-state index in [0.29, 0.717) is 30.9 Å². The van der Waals surface area contributed by atoms with Crippen molar-refractivity contribution in [2.45, 2.75) is 54.7 Å². The standard InChI is InChI=1S/C38H42N2O6S/c1-45-38(42)40-37(36(29-14-5-2-6-15-29)30-16-7-3-8-17-30)35(41)25-31-18-12-11-13-28(31)21-22-33-26-39-32(27-46-33)23-24-47(43,44)34-19-9-4-10-20-34/h2-20,32-33,36-37,39H,21-27H2,1H3,(H,40,42)/t32-,33-,37-/m1/s1. The maximum atomic E-state index is 14.1. The van der Waals surface area contributed by atoms with Gasteiger partial charge >= 0.3 is 6.09 Å². The zero-order valence-corrected chi connectivity index (χ0v) is 27.4. The van der Waals surface area contributed by atoms with E-state index >= 15 is 0 Å². The molecule has 4 aromatic rings. The molecule has 246 valence electrons. The number of alkyl carbamates (subject to hydrolysis) is 1. The highest BCUT2D eigenvalue weighted by atomic mass is 32.2.